The van der Waals surface area contributed by atoms with Crippen molar-refractivity contribution in [1.29, 1.82) is 0 Å². The summed E-state index contributed by atoms with van der Waals surface area (Å²) in [6.45, 7) is 3.69. The van der Waals surface area contributed by atoms with E-state index in [9.17, 15) is 9.59 Å². The molecule has 1 aromatic carbocycles. The van der Waals surface area contributed by atoms with E-state index in [1.165, 1.54) is 0 Å². The second-order valence-corrected chi connectivity index (χ2v) is 7.00. The van der Waals surface area contributed by atoms with Crippen LogP contribution in [0.25, 0.3) is 22.5 Å². The second kappa shape index (κ2) is 7.47. The zero-order chi connectivity index (χ0) is 21.4. The largest absolute Gasteiger partial charge is 0.463 e. The molecule has 3 heterocycles. The first-order valence-electron chi connectivity index (χ1n) is 9.41. The van der Waals surface area contributed by atoms with E-state index in [1.807, 2.05) is 13.8 Å². The molecule has 30 heavy (non-hydrogen) atoms. The summed E-state index contributed by atoms with van der Waals surface area (Å²) in [4.78, 5) is 29.7. The van der Waals surface area contributed by atoms with Gasteiger partial charge in [0, 0.05) is 25.3 Å². The number of hydrogen-bond donors (Lipinski definition) is 2. The molecule has 0 aliphatic carbocycles. The second-order valence-electron chi connectivity index (χ2n) is 7.00. The molecule has 0 bridgehead atoms. The van der Waals surface area contributed by atoms with Gasteiger partial charge in [0.05, 0.1) is 22.9 Å². The number of pyridine rings is 1. The Labute approximate surface area is 172 Å². The Kier molecular flexibility index (Phi) is 4.83. The fourth-order valence-electron chi connectivity index (χ4n) is 3.45. The molecule has 4 rings (SSSR count). The number of furan rings is 1. The number of carbonyl (C=O) groups is 2. The molecule has 2 amide bonds. The molecule has 0 spiro atoms. The van der Waals surface area contributed by atoms with E-state index in [0.29, 0.717) is 45.0 Å². The van der Waals surface area contributed by atoms with Crippen molar-refractivity contribution >= 4 is 28.5 Å². The number of nitrogens with one attached hydrogen (secondary N) is 2. The normalized spacial score (nSPS) is 10.9. The van der Waals surface area contributed by atoms with Crippen LogP contribution in [-0.4, -0.2) is 33.6 Å². The quantitative estimate of drug-likeness (QED) is 0.543. The summed E-state index contributed by atoms with van der Waals surface area (Å²) in [5.74, 6) is 0.0962. The third kappa shape index (κ3) is 3.32. The van der Waals surface area contributed by atoms with Crippen LogP contribution < -0.4 is 10.6 Å². The van der Waals surface area contributed by atoms with Crippen molar-refractivity contribution in [2.75, 3.05) is 12.4 Å². The Morgan fingerprint density at radius 3 is 2.57 bits per heavy atom. The molecule has 0 saturated heterocycles. The molecule has 4 aromatic rings. The summed E-state index contributed by atoms with van der Waals surface area (Å²) in [7, 11) is 3.37. The molecule has 0 aliphatic heterocycles. The summed E-state index contributed by atoms with van der Waals surface area (Å²) < 4.78 is 7.12. The predicted octanol–water partition coefficient (Wildman–Crippen LogP) is 3.46. The van der Waals surface area contributed by atoms with Crippen LogP contribution >= 0.6 is 0 Å². The maximum Gasteiger partial charge on any atom is 0.256 e. The number of fused-ring (bicyclic) bond motifs is 1. The van der Waals surface area contributed by atoms with E-state index in [2.05, 4.69) is 20.7 Å². The van der Waals surface area contributed by atoms with Gasteiger partial charge in [-0.25, -0.2) is 4.98 Å². The van der Waals surface area contributed by atoms with Gasteiger partial charge >= 0.3 is 0 Å². The van der Waals surface area contributed by atoms with Crippen molar-refractivity contribution < 1.29 is 14.0 Å². The Balaban J connectivity index is 1.77. The average molecular weight is 403 g/mol. The van der Waals surface area contributed by atoms with Crippen LogP contribution in [0.5, 0.6) is 0 Å². The van der Waals surface area contributed by atoms with Crippen LogP contribution in [0.1, 0.15) is 32.0 Å². The van der Waals surface area contributed by atoms with Crippen molar-refractivity contribution in [1.82, 2.24) is 20.1 Å². The molecule has 8 nitrogen and oxygen atoms in total. The van der Waals surface area contributed by atoms with Crippen molar-refractivity contribution in [3.05, 3.63) is 65.0 Å². The first kappa shape index (κ1) is 19.4. The molecule has 0 saturated carbocycles. The number of benzene rings is 1. The van der Waals surface area contributed by atoms with Gasteiger partial charge in [0.15, 0.2) is 11.4 Å². The Bertz CT molecular complexity index is 1270. The van der Waals surface area contributed by atoms with E-state index in [4.69, 9.17) is 4.42 Å². The first-order valence-corrected chi connectivity index (χ1v) is 9.41. The average Bonchev–Trinajstić information content (AvgIpc) is 3.37. The minimum absolute atomic E-state index is 0.180. The first-order chi connectivity index (χ1) is 14.4. The minimum Gasteiger partial charge on any atom is -0.463 e. The highest BCUT2D eigenvalue weighted by Gasteiger charge is 2.20. The number of hydrogen-bond acceptors (Lipinski definition) is 5. The summed E-state index contributed by atoms with van der Waals surface area (Å²) in [5.41, 5.74) is 4.24. The maximum absolute atomic E-state index is 13.3. The molecule has 152 valence electrons. The standard InChI is InChI=1S/C22H21N5O3/c1-12-10-14(21(28)23-3)7-8-16(12)25-22(29)15-11-17(18-6-5-9-30-18)24-20-19(15)13(2)26-27(20)4/h5-11H,1-4H3,(H,23,28)(H,25,29). The van der Waals surface area contributed by atoms with Crippen molar-refractivity contribution in [3.63, 3.8) is 0 Å². The topological polar surface area (TPSA) is 102 Å². The van der Waals surface area contributed by atoms with Crippen LogP contribution in [0.2, 0.25) is 0 Å². The monoisotopic (exact) mass is 403 g/mol. The SMILES string of the molecule is CNC(=O)c1ccc(NC(=O)c2cc(-c3ccco3)nc3c2c(C)nn3C)c(C)c1. The number of rotatable bonds is 4. The number of nitrogens with zero attached hydrogens (tertiary/aromatic N) is 3. The van der Waals surface area contributed by atoms with Crippen LogP contribution in [-0.2, 0) is 7.05 Å². The summed E-state index contributed by atoms with van der Waals surface area (Å²) in [6.07, 6.45) is 1.56. The highest BCUT2D eigenvalue weighted by Crippen LogP contribution is 2.28. The number of carbonyl (C=O) groups excluding carboxylic acids is 2. The van der Waals surface area contributed by atoms with Crippen LogP contribution in [0.15, 0.2) is 47.1 Å². The van der Waals surface area contributed by atoms with Gasteiger partial charge in [-0.2, -0.15) is 5.10 Å². The third-order valence-electron chi connectivity index (χ3n) is 4.95. The zero-order valence-corrected chi connectivity index (χ0v) is 17.1. The lowest BCUT2D eigenvalue weighted by Gasteiger charge is -2.11. The lowest BCUT2D eigenvalue weighted by atomic mass is 10.1. The van der Waals surface area contributed by atoms with E-state index < -0.39 is 0 Å². The van der Waals surface area contributed by atoms with E-state index >= 15 is 0 Å². The number of aryl methyl sites for hydroxylation is 3. The number of amides is 2. The van der Waals surface area contributed by atoms with E-state index in [1.54, 1.807) is 61.4 Å². The van der Waals surface area contributed by atoms with Crippen molar-refractivity contribution in [3.8, 4) is 11.5 Å². The van der Waals surface area contributed by atoms with Gasteiger partial charge in [-0.05, 0) is 55.8 Å². The molecule has 0 radical (unpaired) electrons. The van der Waals surface area contributed by atoms with Gasteiger partial charge in [0.1, 0.15) is 5.69 Å². The van der Waals surface area contributed by atoms with Crippen LogP contribution in [0.3, 0.4) is 0 Å². The lowest BCUT2D eigenvalue weighted by molar-refractivity contribution is 0.0962. The van der Waals surface area contributed by atoms with E-state index in [0.717, 1.165) is 5.56 Å². The third-order valence-corrected chi connectivity index (χ3v) is 4.95. The maximum atomic E-state index is 13.3. The summed E-state index contributed by atoms with van der Waals surface area (Å²) in [6, 6.07) is 10.4. The molecule has 0 aliphatic rings. The molecular weight excluding hydrogens is 382 g/mol. The molecular formula is C22H21N5O3. The van der Waals surface area contributed by atoms with Crippen molar-refractivity contribution in [2.24, 2.45) is 7.05 Å². The highest BCUT2D eigenvalue weighted by molar-refractivity contribution is 6.13. The Morgan fingerprint density at radius 1 is 1.10 bits per heavy atom. The fourth-order valence-corrected chi connectivity index (χ4v) is 3.45. The molecule has 8 heteroatoms. The van der Waals surface area contributed by atoms with Crippen molar-refractivity contribution in [2.45, 2.75) is 13.8 Å². The number of anilines is 1. The van der Waals surface area contributed by atoms with Crippen LogP contribution in [0.4, 0.5) is 5.69 Å². The zero-order valence-electron chi connectivity index (χ0n) is 17.1. The van der Waals surface area contributed by atoms with Crippen LogP contribution in [0, 0.1) is 13.8 Å². The summed E-state index contributed by atoms with van der Waals surface area (Å²) in [5, 5.41) is 10.6. The summed E-state index contributed by atoms with van der Waals surface area (Å²) >= 11 is 0. The van der Waals surface area contributed by atoms with Gasteiger partial charge < -0.3 is 15.1 Å². The highest BCUT2D eigenvalue weighted by atomic mass is 16.3. The molecule has 0 atom stereocenters. The Morgan fingerprint density at radius 2 is 1.90 bits per heavy atom. The van der Waals surface area contributed by atoms with Gasteiger partial charge in [-0.3, -0.25) is 14.3 Å². The molecule has 3 aromatic heterocycles. The van der Waals surface area contributed by atoms with Gasteiger partial charge in [-0.1, -0.05) is 0 Å². The molecule has 2 N–H and O–H groups in total. The van der Waals surface area contributed by atoms with Gasteiger partial charge in [0.25, 0.3) is 11.8 Å². The smallest absolute Gasteiger partial charge is 0.256 e. The van der Waals surface area contributed by atoms with E-state index in [-0.39, 0.29) is 11.8 Å². The van der Waals surface area contributed by atoms with Gasteiger partial charge in [-0.15, -0.1) is 0 Å². The minimum atomic E-state index is -0.290. The molecule has 0 unspecified atom stereocenters. The Hall–Kier alpha value is -3.94. The fraction of sp³-hybridized carbons (Fsp3) is 0.182. The lowest BCUT2D eigenvalue weighted by Crippen LogP contribution is -2.18. The number of aromatic nitrogens is 3. The molecule has 0 fully saturated rings. The van der Waals surface area contributed by atoms with Gasteiger partial charge in [0.2, 0.25) is 0 Å². The predicted molar refractivity (Wildman–Crippen MR) is 113 cm³/mol.